The van der Waals surface area contributed by atoms with Crippen molar-refractivity contribution in [2.45, 2.75) is 6.54 Å². The summed E-state index contributed by atoms with van der Waals surface area (Å²) in [4.78, 5) is 12.5. The number of nitrogens with zero attached hydrogens (tertiary/aromatic N) is 2. The van der Waals surface area contributed by atoms with Crippen molar-refractivity contribution in [2.75, 3.05) is 12.4 Å². The van der Waals surface area contributed by atoms with Gasteiger partial charge in [0.1, 0.15) is 11.6 Å². The average molecular weight is 439 g/mol. The number of hydrogen-bond acceptors (Lipinski definition) is 3. The van der Waals surface area contributed by atoms with Gasteiger partial charge >= 0.3 is 0 Å². The van der Waals surface area contributed by atoms with Gasteiger partial charge in [0.25, 0.3) is 5.91 Å². The maximum Gasteiger partial charge on any atom is 0.260 e. The molecule has 1 amide bonds. The average Bonchev–Trinajstić information content (AvgIpc) is 2.97. The van der Waals surface area contributed by atoms with Crippen LogP contribution in [0.25, 0.3) is 0 Å². The van der Waals surface area contributed by atoms with Crippen molar-refractivity contribution >= 4 is 39.3 Å². The lowest BCUT2D eigenvalue weighted by atomic mass is 10.2. The van der Waals surface area contributed by atoms with Crippen LogP contribution in [0.15, 0.2) is 53.1 Å². The van der Waals surface area contributed by atoms with Crippen LogP contribution in [0.2, 0.25) is 5.02 Å². The van der Waals surface area contributed by atoms with E-state index in [-0.39, 0.29) is 12.5 Å². The summed E-state index contributed by atoms with van der Waals surface area (Å²) in [7, 11) is 1.49. The molecule has 8 heteroatoms. The third-order valence-electron chi connectivity index (χ3n) is 3.68. The second kappa shape index (κ2) is 7.88. The summed E-state index contributed by atoms with van der Waals surface area (Å²) in [6.07, 6.45) is 1.64. The van der Waals surface area contributed by atoms with Crippen molar-refractivity contribution in [3.63, 3.8) is 0 Å². The number of methoxy groups -OCH3 is 1. The predicted octanol–water partition coefficient (Wildman–Crippen LogP) is 4.75. The highest BCUT2D eigenvalue weighted by Crippen LogP contribution is 2.25. The van der Waals surface area contributed by atoms with Crippen LogP contribution in [0.4, 0.5) is 10.2 Å². The highest BCUT2D eigenvalue weighted by molar-refractivity contribution is 9.10. The zero-order chi connectivity index (χ0) is 18.7. The topological polar surface area (TPSA) is 56.1 Å². The van der Waals surface area contributed by atoms with Crippen molar-refractivity contribution in [3.05, 3.63) is 75.1 Å². The minimum Gasteiger partial charge on any atom is -0.496 e. The molecular formula is C18H14BrClFN3O2. The van der Waals surface area contributed by atoms with Crippen LogP contribution in [-0.4, -0.2) is 22.8 Å². The van der Waals surface area contributed by atoms with Gasteiger partial charge in [-0.25, -0.2) is 4.39 Å². The summed E-state index contributed by atoms with van der Waals surface area (Å²) in [6.45, 7) is 0.134. The first-order chi connectivity index (χ1) is 12.5. The van der Waals surface area contributed by atoms with Gasteiger partial charge in [0.15, 0.2) is 5.82 Å². The van der Waals surface area contributed by atoms with E-state index < -0.39 is 5.82 Å². The Hall–Kier alpha value is -2.38. The number of para-hydroxylation sites is 1. The fourth-order valence-electron chi connectivity index (χ4n) is 2.42. The number of halogens is 3. The molecule has 5 nitrogen and oxygen atoms in total. The number of carbonyl (C=O) groups is 1. The van der Waals surface area contributed by atoms with Crippen LogP contribution < -0.4 is 10.1 Å². The molecule has 0 atom stereocenters. The van der Waals surface area contributed by atoms with Crippen molar-refractivity contribution in [1.29, 1.82) is 0 Å². The van der Waals surface area contributed by atoms with Crippen LogP contribution in [-0.2, 0) is 6.54 Å². The van der Waals surface area contributed by atoms with Gasteiger partial charge in [-0.2, -0.15) is 5.10 Å². The number of nitrogens with one attached hydrogen (secondary N) is 1. The van der Waals surface area contributed by atoms with Crippen LogP contribution in [0, 0.1) is 5.82 Å². The molecule has 3 aromatic rings. The Bertz CT molecular complexity index is 941. The second-order valence-corrected chi connectivity index (χ2v) is 6.64. The molecule has 0 saturated heterocycles. The molecule has 0 aliphatic carbocycles. The zero-order valence-electron chi connectivity index (χ0n) is 13.7. The van der Waals surface area contributed by atoms with E-state index in [2.05, 4.69) is 26.3 Å². The minimum atomic E-state index is -0.413. The Morgan fingerprint density at radius 1 is 1.31 bits per heavy atom. The van der Waals surface area contributed by atoms with Gasteiger partial charge in [0.2, 0.25) is 0 Å². The van der Waals surface area contributed by atoms with Gasteiger partial charge in [0.05, 0.1) is 23.7 Å². The number of aromatic nitrogens is 2. The fourth-order valence-corrected chi connectivity index (χ4v) is 3.05. The molecule has 1 heterocycles. The van der Waals surface area contributed by atoms with Crippen molar-refractivity contribution in [3.8, 4) is 5.75 Å². The molecule has 0 aliphatic heterocycles. The van der Waals surface area contributed by atoms with E-state index in [1.165, 1.54) is 17.9 Å². The van der Waals surface area contributed by atoms with Gasteiger partial charge in [-0.1, -0.05) is 29.8 Å². The normalized spacial score (nSPS) is 10.6. The maximum absolute atomic E-state index is 13.9. The Morgan fingerprint density at radius 3 is 2.81 bits per heavy atom. The molecular weight excluding hydrogens is 425 g/mol. The van der Waals surface area contributed by atoms with Gasteiger partial charge < -0.3 is 10.1 Å². The molecule has 0 aliphatic rings. The SMILES string of the molecule is COc1ccccc1C(=O)Nc1nn(Cc2c(F)cccc2Cl)cc1Br. The van der Waals surface area contributed by atoms with E-state index >= 15 is 0 Å². The first-order valence-corrected chi connectivity index (χ1v) is 8.77. The summed E-state index contributed by atoms with van der Waals surface area (Å²) >= 11 is 9.40. The lowest BCUT2D eigenvalue weighted by molar-refractivity contribution is 0.102. The third-order valence-corrected chi connectivity index (χ3v) is 4.62. The number of anilines is 1. The molecule has 0 fully saturated rings. The summed E-state index contributed by atoms with van der Waals surface area (Å²) in [5.74, 6) is -0.00637. The Morgan fingerprint density at radius 2 is 2.08 bits per heavy atom. The second-order valence-electron chi connectivity index (χ2n) is 5.38. The van der Waals surface area contributed by atoms with Gasteiger partial charge in [0, 0.05) is 16.8 Å². The number of rotatable bonds is 5. The maximum atomic E-state index is 13.9. The van der Waals surface area contributed by atoms with Crippen molar-refractivity contribution < 1.29 is 13.9 Å². The predicted molar refractivity (Wildman–Crippen MR) is 101 cm³/mol. The molecule has 0 unspecified atom stereocenters. The molecule has 0 bridgehead atoms. The Balaban J connectivity index is 1.81. The van der Waals surface area contributed by atoms with Crippen LogP contribution in [0.3, 0.4) is 0 Å². The smallest absolute Gasteiger partial charge is 0.260 e. The Labute approximate surface area is 162 Å². The van der Waals surface area contributed by atoms with Crippen LogP contribution in [0.5, 0.6) is 5.75 Å². The quantitative estimate of drug-likeness (QED) is 0.625. The summed E-state index contributed by atoms with van der Waals surface area (Å²) in [6, 6.07) is 11.4. The van der Waals surface area contributed by atoms with Gasteiger partial charge in [-0.3, -0.25) is 9.48 Å². The molecule has 26 heavy (non-hydrogen) atoms. The number of carbonyl (C=O) groups excluding carboxylic acids is 1. The van der Waals surface area contributed by atoms with E-state index in [4.69, 9.17) is 16.3 Å². The first-order valence-electron chi connectivity index (χ1n) is 7.60. The largest absolute Gasteiger partial charge is 0.496 e. The lowest BCUT2D eigenvalue weighted by Gasteiger charge is -2.08. The highest BCUT2D eigenvalue weighted by Gasteiger charge is 2.16. The third kappa shape index (κ3) is 3.89. The molecule has 1 aromatic heterocycles. The zero-order valence-corrected chi connectivity index (χ0v) is 16.0. The summed E-state index contributed by atoms with van der Waals surface area (Å²) in [5, 5.41) is 7.31. The standard InChI is InChI=1S/C18H14BrClFN3O2/c1-26-16-8-3-2-5-11(16)18(25)22-17-13(19)10-24(23-17)9-12-14(20)6-4-7-15(12)21/h2-8,10H,9H2,1H3,(H,22,23,25). The van der Waals surface area contributed by atoms with E-state index in [1.807, 2.05) is 0 Å². The number of hydrogen-bond donors (Lipinski definition) is 1. The van der Waals surface area contributed by atoms with E-state index in [1.54, 1.807) is 42.6 Å². The fraction of sp³-hybridized carbons (Fsp3) is 0.111. The van der Waals surface area contributed by atoms with Crippen molar-refractivity contribution in [2.24, 2.45) is 0 Å². The number of benzene rings is 2. The van der Waals surface area contributed by atoms with Gasteiger partial charge in [-0.05, 0) is 40.2 Å². The monoisotopic (exact) mass is 437 g/mol. The van der Waals surface area contributed by atoms with E-state index in [9.17, 15) is 9.18 Å². The van der Waals surface area contributed by atoms with E-state index in [0.29, 0.717) is 32.2 Å². The molecule has 1 N–H and O–H groups in total. The molecule has 134 valence electrons. The molecule has 3 rings (SSSR count). The number of ether oxygens (including phenoxy) is 1. The minimum absolute atomic E-state index is 0.134. The van der Waals surface area contributed by atoms with Crippen LogP contribution in [0.1, 0.15) is 15.9 Å². The number of amides is 1. The molecule has 0 saturated carbocycles. The molecule has 0 spiro atoms. The molecule has 2 aromatic carbocycles. The summed E-state index contributed by atoms with van der Waals surface area (Å²) in [5.41, 5.74) is 0.709. The Kier molecular flexibility index (Phi) is 5.58. The van der Waals surface area contributed by atoms with Gasteiger partial charge in [-0.15, -0.1) is 0 Å². The molecule has 0 radical (unpaired) electrons. The van der Waals surface area contributed by atoms with E-state index in [0.717, 1.165) is 0 Å². The lowest BCUT2D eigenvalue weighted by Crippen LogP contribution is -2.14. The van der Waals surface area contributed by atoms with Crippen molar-refractivity contribution in [1.82, 2.24) is 9.78 Å². The first kappa shape index (κ1) is 18.4. The highest BCUT2D eigenvalue weighted by atomic mass is 79.9. The van der Waals surface area contributed by atoms with Crippen LogP contribution >= 0.6 is 27.5 Å². The summed E-state index contributed by atoms with van der Waals surface area (Å²) < 4.78 is 21.2.